The van der Waals surface area contributed by atoms with Gasteiger partial charge in [0, 0.05) is 4.75 Å². The molecule has 0 spiro atoms. The fourth-order valence-electron chi connectivity index (χ4n) is 1.78. The van der Waals surface area contributed by atoms with Gasteiger partial charge in [-0.3, -0.25) is 9.59 Å². The van der Waals surface area contributed by atoms with Crippen molar-refractivity contribution in [1.82, 2.24) is 5.32 Å². The molecule has 1 rings (SSSR count). The zero-order chi connectivity index (χ0) is 16.5. The Kier molecular flexibility index (Phi) is 5.13. The third-order valence-corrected chi connectivity index (χ3v) is 3.73. The van der Waals surface area contributed by atoms with E-state index in [2.05, 4.69) is 5.32 Å². The van der Waals surface area contributed by atoms with Crippen molar-refractivity contribution in [1.29, 1.82) is 0 Å². The van der Waals surface area contributed by atoms with E-state index in [1.54, 1.807) is 20.8 Å². The third-order valence-electron chi connectivity index (χ3n) is 2.75. The van der Waals surface area contributed by atoms with Gasteiger partial charge in [0.2, 0.25) is 0 Å². The Morgan fingerprint density at radius 1 is 1.10 bits per heavy atom. The Balaban J connectivity index is 2.54. The van der Waals surface area contributed by atoms with Crippen LogP contribution in [0.4, 0.5) is 4.79 Å². The lowest BCUT2D eigenvalue weighted by Gasteiger charge is -2.23. The fraction of sp³-hybridized carbons (Fsp3) is 0.800. The van der Waals surface area contributed by atoms with Crippen LogP contribution in [-0.2, 0) is 14.3 Å². The van der Waals surface area contributed by atoms with Gasteiger partial charge in [-0.1, -0.05) is 32.5 Å². The highest BCUT2D eigenvalue weighted by Gasteiger charge is 2.51. The minimum absolute atomic E-state index is 0.155. The molecule has 1 fully saturated rings. The molecule has 1 aliphatic carbocycles. The molecule has 6 heteroatoms. The first-order valence-electron chi connectivity index (χ1n) is 7.09. The molecule has 0 aromatic carbocycles. The summed E-state index contributed by atoms with van der Waals surface area (Å²) >= 11 is 1.15. The zero-order valence-electron chi connectivity index (χ0n) is 13.7. The number of carbonyl (C=O) groups is 3. The highest BCUT2D eigenvalue weighted by molar-refractivity contribution is 8.14. The first-order valence-corrected chi connectivity index (χ1v) is 7.91. The number of rotatable bonds is 4. The van der Waals surface area contributed by atoms with Gasteiger partial charge < -0.3 is 10.1 Å². The second kappa shape index (κ2) is 5.99. The molecule has 0 aromatic heterocycles. The maximum Gasteiger partial charge on any atom is 0.408 e. The van der Waals surface area contributed by atoms with Crippen LogP contribution < -0.4 is 5.32 Å². The van der Waals surface area contributed by atoms with Crippen LogP contribution in [0.5, 0.6) is 0 Å². The van der Waals surface area contributed by atoms with Crippen LogP contribution in [0, 0.1) is 0 Å². The molecule has 5 nitrogen and oxygen atoms in total. The van der Waals surface area contributed by atoms with Gasteiger partial charge in [-0.15, -0.1) is 0 Å². The Hall–Kier alpha value is -1.04. The second-order valence-corrected chi connectivity index (χ2v) is 9.28. The van der Waals surface area contributed by atoms with E-state index >= 15 is 0 Å². The number of amides is 1. The number of ketones is 1. The first kappa shape index (κ1) is 18.0. The summed E-state index contributed by atoms with van der Waals surface area (Å²) in [5, 5.41) is 2.46. The number of thioether (sulfide) groups is 1. The Bertz CT molecular complexity index is 442. The predicted molar refractivity (Wildman–Crippen MR) is 83.3 cm³/mol. The van der Waals surface area contributed by atoms with Crippen LogP contribution in [0.25, 0.3) is 0 Å². The van der Waals surface area contributed by atoms with Crippen LogP contribution in [0.3, 0.4) is 0 Å². The van der Waals surface area contributed by atoms with Crippen LogP contribution >= 0.6 is 11.8 Å². The van der Waals surface area contributed by atoms with E-state index < -0.39 is 17.2 Å². The molecule has 1 saturated carbocycles. The number of nitrogens with one attached hydrogen (secondary N) is 1. The molecule has 0 bridgehead atoms. The molecule has 0 aromatic rings. The van der Waals surface area contributed by atoms with Crippen LogP contribution in [0.2, 0.25) is 0 Å². The standard InChI is InChI=1S/C15H25NO4S/c1-13(2,3)20-12(19)16-15(7-8-15)10(17)9-11(18)21-14(4,5)6/h7-9H2,1-6H3,(H,16,19). The SMILES string of the molecule is CC(C)(C)OC(=O)NC1(C(=O)CC(=O)SC(C)(C)C)CC1. The Morgan fingerprint density at radius 3 is 2.00 bits per heavy atom. The van der Waals surface area contributed by atoms with Gasteiger partial charge in [0.15, 0.2) is 10.9 Å². The summed E-state index contributed by atoms with van der Waals surface area (Å²) < 4.78 is 4.94. The lowest BCUT2D eigenvalue weighted by atomic mass is 10.1. The summed E-state index contributed by atoms with van der Waals surface area (Å²) in [5.41, 5.74) is -1.50. The van der Waals surface area contributed by atoms with Crippen molar-refractivity contribution in [3.63, 3.8) is 0 Å². The van der Waals surface area contributed by atoms with E-state index in [0.717, 1.165) is 11.8 Å². The molecule has 120 valence electrons. The van der Waals surface area contributed by atoms with Gasteiger partial charge in [0.05, 0.1) is 6.42 Å². The number of Topliss-reactive ketones (excluding diaryl/α,β-unsaturated/α-hetero) is 1. The van der Waals surface area contributed by atoms with Gasteiger partial charge in [-0.25, -0.2) is 4.79 Å². The summed E-state index contributed by atoms with van der Waals surface area (Å²) in [5.74, 6) is -0.227. The number of ether oxygens (including phenoxy) is 1. The van der Waals surface area contributed by atoms with Crippen LogP contribution in [0.1, 0.15) is 60.8 Å². The highest BCUT2D eigenvalue weighted by Crippen LogP contribution is 2.38. The molecule has 0 radical (unpaired) electrons. The van der Waals surface area contributed by atoms with Crippen molar-refractivity contribution in [2.45, 2.75) is 76.7 Å². The van der Waals surface area contributed by atoms with E-state index in [9.17, 15) is 14.4 Å². The predicted octanol–water partition coefficient (Wildman–Crippen LogP) is 3.06. The van der Waals surface area contributed by atoms with E-state index in [0.29, 0.717) is 12.8 Å². The van der Waals surface area contributed by atoms with Crippen molar-refractivity contribution in [3.8, 4) is 0 Å². The Labute approximate surface area is 130 Å². The summed E-state index contributed by atoms with van der Waals surface area (Å²) in [6.45, 7) is 11.1. The van der Waals surface area contributed by atoms with Crippen molar-refractivity contribution < 1.29 is 19.1 Å². The molecule has 1 N–H and O–H groups in total. The van der Waals surface area contributed by atoms with Gasteiger partial charge in [-0.05, 0) is 33.6 Å². The molecular weight excluding hydrogens is 290 g/mol. The van der Waals surface area contributed by atoms with E-state index in [-0.39, 0.29) is 22.1 Å². The molecule has 1 aliphatic rings. The summed E-state index contributed by atoms with van der Waals surface area (Å²) in [6.07, 6.45) is 0.374. The number of hydrogen-bond acceptors (Lipinski definition) is 5. The van der Waals surface area contributed by atoms with Gasteiger partial charge in [-0.2, -0.15) is 0 Å². The average Bonchev–Trinajstić information content (AvgIpc) is 2.91. The van der Waals surface area contributed by atoms with Crippen molar-refractivity contribution in [2.75, 3.05) is 0 Å². The van der Waals surface area contributed by atoms with Crippen molar-refractivity contribution in [3.05, 3.63) is 0 Å². The minimum atomic E-state index is -0.892. The zero-order valence-corrected chi connectivity index (χ0v) is 14.5. The third kappa shape index (κ3) is 6.50. The van der Waals surface area contributed by atoms with Gasteiger partial charge in [0.25, 0.3) is 0 Å². The molecular formula is C15H25NO4S. The highest BCUT2D eigenvalue weighted by atomic mass is 32.2. The molecule has 0 atom stereocenters. The number of carbonyl (C=O) groups excluding carboxylic acids is 3. The molecule has 1 amide bonds. The van der Waals surface area contributed by atoms with E-state index in [1.807, 2.05) is 20.8 Å². The van der Waals surface area contributed by atoms with E-state index in [4.69, 9.17) is 4.74 Å². The Morgan fingerprint density at radius 2 is 1.62 bits per heavy atom. The lowest BCUT2D eigenvalue weighted by molar-refractivity contribution is -0.125. The maximum atomic E-state index is 12.2. The summed E-state index contributed by atoms with van der Waals surface area (Å²) in [7, 11) is 0. The smallest absolute Gasteiger partial charge is 0.408 e. The summed E-state index contributed by atoms with van der Waals surface area (Å²) in [4.78, 5) is 35.8. The largest absolute Gasteiger partial charge is 0.444 e. The normalized spacial score (nSPS) is 17.0. The molecule has 0 heterocycles. The second-order valence-electron chi connectivity index (χ2n) is 7.40. The van der Waals surface area contributed by atoms with Crippen molar-refractivity contribution >= 4 is 28.8 Å². The molecule has 21 heavy (non-hydrogen) atoms. The topological polar surface area (TPSA) is 72.5 Å². The number of alkyl carbamates (subject to hydrolysis) is 1. The van der Waals surface area contributed by atoms with E-state index in [1.165, 1.54) is 0 Å². The minimum Gasteiger partial charge on any atom is -0.444 e. The van der Waals surface area contributed by atoms with Gasteiger partial charge in [0.1, 0.15) is 11.1 Å². The fourth-order valence-corrected chi connectivity index (χ4v) is 2.66. The maximum absolute atomic E-state index is 12.2. The molecule has 0 unspecified atom stereocenters. The van der Waals surface area contributed by atoms with Gasteiger partial charge >= 0.3 is 6.09 Å². The van der Waals surface area contributed by atoms with Crippen LogP contribution in [-0.4, -0.2) is 32.9 Å². The first-order chi connectivity index (χ1) is 9.33. The van der Waals surface area contributed by atoms with Crippen molar-refractivity contribution in [2.24, 2.45) is 0 Å². The summed E-state index contributed by atoms with van der Waals surface area (Å²) in [6, 6.07) is 0. The monoisotopic (exact) mass is 315 g/mol. The lowest BCUT2D eigenvalue weighted by Crippen LogP contribution is -2.46. The molecule has 0 aliphatic heterocycles. The number of hydrogen-bond donors (Lipinski definition) is 1. The molecule has 0 saturated heterocycles. The van der Waals surface area contributed by atoms with Crippen LogP contribution in [0.15, 0.2) is 0 Å². The quantitative estimate of drug-likeness (QED) is 0.807. The average molecular weight is 315 g/mol.